The second-order valence-corrected chi connectivity index (χ2v) is 8.06. The molecule has 1 aromatic carbocycles. The number of hydrogen-bond acceptors (Lipinski definition) is 2. The van der Waals surface area contributed by atoms with E-state index in [9.17, 15) is 10.2 Å². The van der Waals surface area contributed by atoms with E-state index in [4.69, 9.17) is 0 Å². The minimum Gasteiger partial charge on any atom is -0.390 e. The van der Waals surface area contributed by atoms with Crippen molar-refractivity contribution in [3.8, 4) is 0 Å². The fourth-order valence-corrected chi connectivity index (χ4v) is 3.45. The Hall–Kier alpha value is -1.64. The third kappa shape index (κ3) is 6.93. The molecule has 1 fully saturated rings. The molecule has 0 aromatic heterocycles. The molecular formula is C24H34O2. The predicted molar refractivity (Wildman–Crippen MR) is 111 cm³/mol. The average Bonchev–Trinajstić information content (AvgIpc) is 2.60. The third-order valence-electron chi connectivity index (χ3n) is 5.10. The first-order chi connectivity index (χ1) is 12.4. The summed E-state index contributed by atoms with van der Waals surface area (Å²) in [7, 11) is 0. The van der Waals surface area contributed by atoms with Crippen LogP contribution < -0.4 is 0 Å². The molecular weight excluding hydrogens is 320 g/mol. The molecule has 0 aliphatic heterocycles. The maximum absolute atomic E-state index is 10.0. The molecule has 2 nitrogen and oxygen atoms in total. The van der Waals surface area contributed by atoms with Crippen LogP contribution in [0.2, 0.25) is 0 Å². The van der Waals surface area contributed by atoms with Crippen molar-refractivity contribution in [1.29, 1.82) is 0 Å². The summed E-state index contributed by atoms with van der Waals surface area (Å²) in [4.78, 5) is 0. The monoisotopic (exact) mass is 354 g/mol. The molecule has 2 N–H and O–H groups in total. The zero-order chi connectivity index (χ0) is 19.0. The molecule has 1 saturated carbocycles. The van der Waals surface area contributed by atoms with Crippen LogP contribution in [0.1, 0.15) is 70.8 Å². The lowest BCUT2D eigenvalue weighted by molar-refractivity contribution is 0.0681. The van der Waals surface area contributed by atoms with Crippen molar-refractivity contribution in [2.45, 2.75) is 76.9 Å². The maximum Gasteiger partial charge on any atom is 0.0787 e. The molecule has 2 rings (SSSR count). The maximum atomic E-state index is 10.0. The van der Waals surface area contributed by atoms with Gasteiger partial charge in [0, 0.05) is 0 Å². The molecule has 1 unspecified atom stereocenters. The van der Waals surface area contributed by atoms with E-state index in [1.807, 2.05) is 19.9 Å². The second kappa shape index (κ2) is 9.89. The minimum absolute atomic E-state index is 0.384. The normalized spacial score (nSPS) is 20.6. The first kappa shape index (κ1) is 20.7. The van der Waals surface area contributed by atoms with E-state index < -0.39 is 5.60 Å². The summed E-state index contributed by atoms with van der Waals surface area (Å²) in [5, 5.41) is 19.8. The highest BCUT2D eigenvalue weighted by Gasteiger charge is 2.18. The zero-order valence-electron chi connectivity index (χ0n) is 16.4. The number of hydrogen-bond donors (Lipinski definition) is 2. The fourth-order valence-electron chi connectivity index (χ4n) is 3.45. The highest BCUT2D eigenvalue weighted by molar-refractivity contribution is 5.67. The lowest BCUT2D eigenvalue weighted by Crippen LogP contribution is -2.17. The van der Waals surface area contributed by atoms with E-state index >= 15 is 0 Å². The van der Waals surface area contributed by atoms with Gasteiger partial charge in [0.25, 0.3) is 0 Å². The summed E-state index contributed by atoms with van der Waals surface area (Å²) < 4.78 is 0. The van der Waals surface area contributed by atoms with Crippen LogP contribution in [0.5, 0.6) is 0 Å². The molecule has 1 aliphatic rings. The molecule has 0 saturated heterocycles. The van der Waals surface area contributed by atoms with Crippen LogP contribution in [-0.4, -0.2) is 21.9 Å². The van der Waals surface area contributed by atoms with Crippen molar-refractivity contribution in [3.63, 3.8) is 0 Å². The second-order valence-electron chi connectivity index (χ2n) is 8.06. The summed E-state index contributed by atoms with van der Waals surface area (Å²) >= 11 is 0. The van der Waals surface area contributed by atoms with Gasteiger partial charge in [-0.2, -0.15) is 0 Å². The van der Waals surface area contributed by atoms with Gasteiger partial charge in [0.05, 0.1) is 11.7 Å². The standard InChI is InChI=1S/C24H34O2/c1-19-20(14-10-15-23(19)25)16-17-22(21-11-6-4-7-12-21)13-8-5-9-18-24(2,3)26/h4,6-7,11-12,16-17,23,25-26H,1,5,8-10,13-15,18H2,2-3H3/b20-16-,22-17+. The highest BCUT2D eigenvalue weighted by atomic mass is 16.3. The molecule has 1 aromatic rings. The number of unbranched alkanes of at least 4 members (excludes halogenated alkanes) is 2. The number of allylic oxidation sites excluding steroid dienone is 3. The van der Waals surface area contributed by atoms with Gasteiger partial charge in [0.15, 0.2) is 0 Å². The summed E-state index contributed by atoms with van der Waals surface area (Å²) in [5.41, 5.74) is 4.08. The summed E-state index contributed by atoms with van der Waals surface area (Å²) in [6.45, 7) is 7.82. The lowest BCUT2D eigenvalue weighted by Gasteiger charge is -2.22. The summed E-state index contributed by atoms with van der Waals surface area (Å²) in [6, 6.07) is 10.5. The fraction of sp³-hybridized carbons (Fsp3) is 0.500. The van der Waals surface area contributed by atoms with Crippen LogP contribution in [0.4, 0.5) is 0 Å². The van der Waals surface area contributed by atoms with Gasteiger partial charge in [-0.25, -0.2) is 0 Å². The van der Waals surface area contributed by atoms with Gasteiger partial charge in [0.2, 0.25) is 0 Å². The van der Waals surface area contributed by atoms with Gasteiger partial charge in [-0.05, 0) is 74.7 Å². The molecule has 0 spiro atoms. The van der Waals surface area contributed by atoms with E-state index in [-0.39, 0.29) is 6.10 Å². The van der Waals surface area contributed by atoms with E-state index in [1.54, 1.807) is 0 Å². The van der Waals surface area contributed by atoms with Gasteiger partial charge < -0.3 is 10.2 Å². The predicted octanol–water partition coefficient (Wildman–Crippen LogP) is 5.82. The Balaban J connectivity index is 2.03. The molecule has 26 heavy (non-hydrogen) atoms. The highest BCUT2D eigenvalue weighted by Crippen LogP contribution is 2.29. The minimum atomic E-state index is -0.565. The number of benzene rings is 1. The smallest absolute Gasteiger partial charge is 0.0787 e. The number of rotatable bonds is 8. The van der Waals surface area contributed by atoms with Crippen LogP contribution in [-0.2, 0) is 0 Å². The van der Waals surface area contributed by atoms with Crippen LogP contribution in [0.3, 0.4) is 0 Å². The average molecular weight is 355 g/mol. The van der Waals surface area contributed by atoms with Crippen LogP contribution in [0.15, 0.2) is 60.2 Å². The molecule has 0 radical (unpaired) electrons. The van der Waals surface area contributed by atoms with Crippen LogP contribution >= 0.6 is 0 Å². The molecule has 1 atom stereocenters. The third-order valence-corrected chi connectivity index (χ3v) is 5.10. The van der Waals surface area contributed by atoms with Gasteiger partial charge in [-0.1, -0.05) is 61.9 Å². The first-order valence-electron chi connectivity index (χ1n) is 9.91. The van der Waals surface area contributed by atoms with Gasteiger partial charge in [-0.15, -0.1) is 0 Å². The first-order valence-corrected chi connectivity index (χ1v) is 9.91. The van der Waals surface area contributed by atoms with Crippen molar-refractivity contribution >= 4 is 5.57 Å². The Kier molecular flexibility index (Phi) is 7.86. The van der Waals surface area contributed by atoms with Gasteiger partial charge in [0.1, 0.15) is 0 Å². The summed E-state index contributed by atoms with van der Waals surface area (Å²) in [5.74, 6) is 0. The zero-order valence-corrected chi connectivity index (χ0v) is 16.4. The van der Waals surface area contributed by atoms with Crippen molar-refractivity contribution in [2.75, 3.05) is 0 Å². The topological polar surface area (TPSA) is 40.5 Å². The van der Waals surface area contributed by atoms with E-state index in [2.05, 4.69) is 43.0 Å². The van der Waals surface area contributed by atoms with Gasteiger partial charge in [-0.3, -0.25) is 0 Å². The Morgan fingerprint density at radius 2 is 1.92 bits per heavy atom. The van der Waals surface area contributed by atoms with Crippen molar-refractivity contribution in [3.05, 3.63) is 65.8 Å². The number of aliphatic hydroxyl groups excluding tert-OH is 1. The Bertz CT molecular complexity index is 632. The summed E-state index contributed by atoms with van der Waals surface area (Å²) in [6.07, 6.45) is 12.0. The molecule has 2 heteroatoms. The molecule has 0 heterocycles. The SMILES string of the molecule is C=C1/C(=C\C=C(/CCCCCC(C)(C)O)c2ccccc2)CCCC1O. The van der Waals surface area contributed by atoms with E-state index in [0.29, 0.717) is 0 Å². The Morgan fingerprint density at radius 1 is 1.19 bits per heavy atom. The molecule has 142 valence electrons. The van der Waals surface area contributed by atoms with Crippen molar-refractivity contribution < 1.29 is 10.2 Å². The number of aliphatic hydroxyl groups is 2. The quantitative estimate of drug-likeness (QED) is 0.578. The molecule has 0 bridgehead atoms. The van der Waals surface area contributed by atoms with Gasteiger partial charge >= 0.3 is 0 Å². The lowest BCUT2D eigenvalue weighted by atomic mass is 9.87. The Morgan fingerprint density at radius 3 is 2.62 bits per heavy atom. The molecule has 1 aliphatic carbocycles. The van der Waals surface area contributed by atoms with Crippen LogP contribution in [0, 0.1) is 0 Å². The van der Waals surface area contributed by atoms with Crippen LogP contribution in [0.25, 0.3) is 5.57 Å². The van der Waals surface area contributed by atoms with Crippen molar-refractivity contribution in [2.24, 2.45) is 0 Å². The van der Waals surface area contributed by atoms with Crippen molar-refractivity contribution in [1.82, 2.24) is 0 Å². The van der Waals surface area contributed by atoms with E-state index in [1.165, 1.54) is 16.7 Å². The Labute approximate surface area is 159 Å². The largest absolute Gasteiger partial charge is 0.390 e. The molecule has 0 amide bonds. The van der Waals surface area contributed by atoms with E-state index in [0.717, 1.165) is 56.9 Å².